The molecule has 0 bridgehead atoms. The molecule has 19 heavy (non-hydrogen) atoms. The van der Waals surface area contributed by atoms with Crippen LogP contribution in [0.3, 0.4) is 0 Å². The van der Waals surface area contributed by atoms with Gasteiger partial charge in [-0.15, -0.1) is 0 Å². The summed E-state index contributed by atoms with van der Waals surface area (Å²) in [6, 6.07) is 0.247. The first-order chi connectivity index (χ1) is 9.36. The molecule has 1 aromatic carbocycles. The van der Waals surface area contributed by atoms with E-state index in [0.717, 1.165) is 57.3 Å². The van der Waals surface area contributed by atoms with Crippen LogP contribution in [-0.2, 0) is 17.6 Å². The molecule has 1 saturated heterocycles. The largest absolute Gasteiger partial charge is 0.493 e. The van der Waals surface area contributed by atoms with Gasteiger partial charge < -0.3 is 19.5 Å². The summed E-state index contributed by atoms with van der Waals surface area (Å²) in [5.74, 6) is 2.20. The minimum absolute atomic E-state index is 0.247. The maximum atomic E-state index is 5.94. The molecule has 3 aliphatic heterocycles. The maximum Gasteiger partial charge on any atom is 0.128 e. The average Bonchev–Trinajstić information content (AvgIpc) is 3.09. The highest BCUT2D eigenvalue weighted by molar-refractivity contribution is 5.62. The van der Waals surface area contributed by atoms with Crippen molar-refractivity contribution in [2.75, 3.05) is 33.0 Å². The maximum absolute atomic E-state index is 5.94. The molecule has 0 amide bonds. The lowest BCUT2D eigenvalue weighted by Gasteiger charge is -2.27. The van der Waals surface area contributed by atoms with Crippen molar-refractivity contribution in [2.45, 2.75) is 25.8 Å². The van der Waals surface area contributed by atoms with Gasteiger partial charge in [0.25, 0.3) is 0 Å². The average molecular weight is 261 g/mol. The summed E-state index contributed by atoms with van der Waals surface area (Å²) in [6.45, 7) is 6.17. The zero-order valence-electron chi connectivity index (χ0n) is 11.3. The molecule has 4 nitrogen and oxygen atoms in total. The van der Waals surface area contributed by atoms with E-state index in [1.165, 1.54) is 22.3 Å². The van der Waals surface area contributed by atoms with Crippen molar-refractivity contribution in [3.05, 3.63) is 22.3 Å². The summed E-state index contributed by atoms with van der Waals surface area (Å²) in [5, 5.41) is 3.55. The van der Waals surface area contributed by atoms with Gasteiger partial charge >= 0.3 is 0 Å². The lowest BCUT2D eigenvalue weighted by atomic mass is 9.91. The predicted molar refractivity (Wildman–Crippen MR) is 71.1 cm³/mol. The molecular formula is C15H19NO3. The third-order valence-corrected chi connectivity index (χ3v) is 4.38. The number of rotatable bonds is 1. The predicted octanol–water partition coefficient (Wildman–Crippen LogP) is 1.53. The van der Waals surface area contributed by atoms with Gasteiger partial charge in [0.2, 0.25) is 0 Å². The fourth-order valence-electron chi connectivity index (χ4n) is 3.49. The minimum Gasteiger partial charge on any atom is -0.493 e. The van der Waals surface area contributed by atoms with E-state index in [9.17, 15) is 0 Å². The van der Waals surface area contributed by atoms with Crippen LogP contribution in [0.5, 0.6) is 11.5 Å². The van der Waals surface area contributed by atoms with Gasteiger partial charge in [-0.1, -0.05) is 0 Å². The van der Waals surface area contributed by atoms with Crippen LogP contribution in [0.2, 0.25) is 0 Å². The fraction of sp³-hybridized carbons (Fsp3) is 0.600. The molecule has 1 fully saturated rings. The van der Waals surface area contributed by atoms with Crippen molar-refractivity contribution in [3.8, 4) is 11.5 Å². The van der Waals surface area contributed by atoms with Crippen LogP contribution < -0.4 is 14.8 Å². The molecule has 0 radical (unpaired) electrons. The van der Waals surface area contributed by atoms with Crippen LogP contribution in [0.25, 0.3) is 0 Å². The molecule has 0 saturated carbocycles. The summed E-state index contributed by atoms with van der Waals surface area (Å²) in [7, 11) is 0. The molecular weight excluding hydrogens is 242 g/mol. The number of ether oxygens (including phenoxy) is 3. The van der Waals surface area contributed by atoms with Gasteiger partial charge in [-0.2, -0.15) is 0 Å². The molecule has 0 aliphatic carbocycles. The van der Waals surface area contributed by atoms with E-state index >= 15 is 0 Å². The van der Waals surface area contributed by atoms with Crippen molar-refractivity contribution in [3.63, 3.8) is 0 Å². The van der Waals surface area contributed by atoms with Gasteiger partial charge in [0.05, 0.1) is 32.5 Å². The van der Waals surface area contributed by atoms with E-state index in [0.29, 0.717) is 0 Å². The van der Waals surface area contributed by atoms with Gasteiger partial charge in [-0.05, 0) is 12.5 Å². The molecule has 1 aromatic rings. The quantitative estimate of drug-likeness (QED) is 0.832. The Morgan fingerprint density at radius 2 is 1.79 bits per heavy atom. The Labute approximate surface area is 113 Å². The van der Waals surface area contributed by atoms with Crippen molar-refractivity contribution in [2.24, 2.45) is 0 Å². The van der Waals surface area contributed by atoms with Crippen LogP contribution in [0, 0.1) is 6.92 Å². The summed E-state index contributed by atoms with van der Waals surface area (Å²) in [6.07, 6.45) is 1.98. The molecule has 102 valence electrons. The van der Waals surface area contributed by atoms with E-state index in [4.69, 9.17) is 14.2 Å². The SMILES string of the molecule is Cc1c2c(c(C3COCCN3)c3c1OCC3)OCC2. The highest BCUT2D eigenvalue weighted by atomic mass is 16.5. The van der Waals surface area contributed by atoms with E-state index in [-0.39, 0.29) is 6.04 Å². The number of nitrogens with one attached hydrogen (secondary N) is 1. The Bertz CT molecular complexity index is 486. The zero-order chi connectivity index (χ0) is 12.8. The fourth-order valence-corrected chi connectivity index (χ4v) is 3.49. The zero-order valence-corrected chi connectivity index (χ0v) is 11.3. The highest BCUT2D eigenvalue weighted by Gasteiger charge is 2.33. The third-order valence-electron chi connectivity index (χ3n) is 4.38. The number of morpholine rings is 1. The molecule has 1 unspecified atom stereocenters. The van der Waals surface area contributed by atoms with Gasteiger partial charge in [0, 0.05) is 36.1 Å². The lowest BCUT2D eigenvalue weighted by molar-refractivity contribution is 0.0758. The van der Waals surface area contributed by atoms with Crippen LogP contribution >= 0.6 is 0 Å². The van der Waals surface area contributed by atoms with E-state index in [2.05, 4.69) is 12.2 Å². The van der Waals surface area contributed by atoms with Gasteiger partial charge in [0.15, 0.2) is 0 Å². The van der Waals surface area contributed by atoms with E-state index < -0.39 is 0 Å². The standard InChI is InChI=1S/C15H19NO3/c1-9-10-2-5-19-15(10)13(11-3-6-18-14(9)11)12-8-17-7-4-16-12/h12,16H,2-8H2,1H3. The van der Waals surface area contributed by atoms with Crippen LogP contribution in [0.4, 0.5) is 0 Å². The Morgan fingerprint density at radius 1 is 1.00 bits per heavy atom. The van der Waals surface area contributed by atoms with E-state index in [1.807, 2.05) is 0 Å². The van der Waals surface area contributed by atoms with Crippen molar-refractivity contribution in [1.29, 1.82) is 0 Å². The number of benzene rings is 1. The molecule has 3 heterocycles. The van der Waals surface area contributed by atoms with Crippen molar-refractivity contribution < 1.29 is 14.2 Å². The molecule has 0 spiro atoms. The second kappa shape index (κ2) is 4.39. The second-order valence-corrected chi connectivity index (χ2v) is 5.43. The Hall–Kier alpha value is -1.26. The Balaban J connectivity index is 1.89. The van der Waals surface area contributed by atoms with Gasteiger partial charge in [-0.25, -0.2) is 0 Å². The minimum atomic E-state index is 0.247. The molecule has 3 aliphatic rings. The molecule has 0 aromatic heterocycles. The lowest BCUT2D eigenvalue weighted by Crippen LogP contribution is -2.35. The second-order valence-electron chi connectivity index (χ2n) is 5.43. The first-order valence-electron chi connectivity index (χ1n) is 7.11. The number of hydrogen-bond donors (Lipinski definition) is 1. The summed E-state index contributed by atoms with van der Waals surface area (Å²) in [4.78, 5) is 0. The molecule has 1 atom stereocenters. The van der Waals surface area contributed by atoms with Crippen molar-refractivity contribution >= 4 is 0 Å². The monoisotopic (exact) mass is 261 g/mol. The highest BCUT2D eigenvalue weighted by Crippen LogP contribution is 2.46. The summed E-state index contributed by atoms with van der Waals surface area (Å²) < 4.78 is 17.4. The summed E-state index contributed by atoms with van der Waals surface area (Å²) in [5.41, 5.74) is 5.25. The normalized spacial score (nSPS) is 24.6. The summed E-state index contributed by atoms with van der Waals surface area (Å²) >= 11 is 0. The molecule has 1 N–H and O–H groups in total. The first-order valence-corrected chi connectivity index (χ1v) is 7.11. The number of hydrogen-bond acceptors (Lipinski definition) is 4. The topological polar surface area (TPSA) is 39.7 Å². The molecule has 4 heteroatoms. The van der Waals surface area contributed by atoms with Crippen LogP contribution in [0.1, 0.15) is 28.3 Å². The van der Waals surface area contributed by atoms with Gasteiger partial charge in [-0.3, -0.25) is 0 Å². The first kappa shape index (κ1) is 11.6. The van der Waals surface area contributed by atoms with Crippen molar-refractivity contribution in [1.82, 2.24) is 5.32 Å². The Kier molecular flexibility index (Phi) is 2.67. The molecule has 4 rings (SSSR count). The third kappa shape index (κ3) is 1.66. The van der Waals surface area contributed by atoms with Gasteiger partial charge in [0.1, 0.15) is 11.5 Å². The van der Waals surface area contributed by atoms with Crippen LogP contribution in [0.15, 0.2) is 0 Å². The van der Waals surface area contributed by atoms with Crippen LogP contribution in [-0.4, -0.2) is 33.0 Å². The van der Waals surface area contributed by atoms with E-state index in [1.54, 1.807) is 0 Å². The smallest absolute Gasteiger partial charge is 0.128 e. The number of fused-ring (bicyclic) bond motifs is 2. The Morgan fingerprint density at radius 3 is 2.58 bits per heavy atom.